The molecular weight excluding hydrogens is 280 g/mol. The fraction of sp³-hybridized carbons (Fsp3) is 0.462. The van der Waals surface area contributed by atoms with Crippen LogP contribution in [0.4, 0.5) is 14.6 Å². The predicted octanol–water partition coefficient (Wildman–Crippen LogP) is 1.74. The van der Waals surface area contributed by atoms with E-state index in [2.05, 4.69) is 20.4 Å². The lowest BCUT2D eigenvalue weighted by Gasteiger charge is -2.07. The number of nitrogens with one attached hydrogen (secondary N) is 1. The van der Waals surface area contributed by atoms with Crippen LogP contribution in [0.5, 0.6) is 0 Å². The van der Waals surface area contributed by atoms with Crippen LogP contribution >= 0.6 is 0 Å². The minimum Gasteiger partial charge on any atom is -0.375 e. The Labute approximate surface area is 121 Å². The molecule has 0 amide bonds. The highest BCUT2D eigenvalue weighted by atomic mass is 19.3. The van der Waals surface area contributed by atoms with Gasteiger partial charge in [0.1, 0.15) is 18.2 Å². The lowest BCUT2D eigenvalue weighted by atomic mass is 10.2. The van der Waals surface area contributed by atoms with Crippen molar-refractivity contribution in [3.05, 3.63) is 24.3 Å². The molecule has 2 aromatic heterocycles. The fourth-order valence-electron chi connectivity index (χ4n) is 1.77. The summed E-state index contributed by atoms with van der Waals surface area (Å²) in [6, 6.07) is 1.81. The molecule has 0 aliphatic heterocycles. The van der Waals surface area contributed by atoms with Crippen LogP contribution in [0, 0.1) is 0 Å². The van der Waals surface area contributed by atoms with Crippen molar-refractivity contribution < 1.29 is 13.5 Å². The number of aryl methyl sites for hydroxylation is 1. The second-order valence-corrected chi connectivity index (χ2v) is 4.42. The number of ether oxygens (including phenoxy) is 1. The van der Waals surface area contributed by atoms with Crippen molar-refractivity contribution in [2.24, 2.45) is 7.05 Å². The molecule has 0 radical (unpaired) electrons. The Morgan fingerprint density at radius 1 is 1.38 bits per heavy atom. The third kappa shape index (κ3) is 4.45. The topological polar surface area (TPSA) is 64.9 Å². The first-order chi connectivity index (χ1) is 10.1. The molecule has 0 bridgehead atoms. The van der Waals surface area contributed by atoms with Crippen LogP contribution in [0.3, 0.4) is 0 Å². The standard InChI is InChI=1S/C13H17F2N5O/c1-16-13-5-10(9-6-17-20(2)7-9)18-12(19-13)3-4-21-8-11(14)15/h5-7,11H,3-4,8H2,1-2H3,(H,16,18,19). The van der Waals surface area contributed by atoms with Crippen molar-refractivity contribution in [2.75, 3.05) is 25.6 Å². The van der Waals surface area contributed by atoms with Crippen LogP contribution in [-0.2, 0) is 18.2 Å². The van der Waals surface area contributed by atoms with Crippen LogP contribution in [0.1, 0.15) is 5.82 Å². The summed E-state index contributed by atoms with van der Waals surface area (Å²) in [6.07, 6.45) is 1.47. The number of aromatic nitrogens is 4. The zero-order valence-electron chi connectivity index (χ0n) is 11.9. The van der Waals surface area contributed by atoms with E-state index in [1.165, 1.54) is 0 Å². The van der Waals surface area contributed by atoms with Gasteiger partial charge < -0.3 is 10.1 Å². The van der Waals surface area contributed by atoms with Gasteiger partial charge in [-0.2, -0.15) is 5.10 Å². The van der Waals surface area contributed by atoms with Crippen molar-refractivity contribution >= 4 is 5.82 Å². The Kier molecular flexibility index (Phi) is 5.15. The monoisotopic (exact) mass is 297 g/mol. The second-order valence-electron chi connectivity index (χ2n) is 4.42. The van der Waals surface area contributed by atoms with Gasteiger partial charge in [-0.1, -0.05) is 0 Å². The van der Waals surface area contributed by atoms with Gasteiger partial charge in [-0.05, 0) is 0 Å². The van der Waals surface area contributed by atoms with E-state index in [1.807, 2.05) is 13.2 Å². The Hall–Kier alpha value is -2.09. The minimum absolute atomic E-state index is 0.157. The third-order valence-corrected chi connectivity index (χ3v) is 2.74. The van der Waals surface area contributed by atoms with Crippen molar-refractivity contribution in [1.29, 1.82) is 0 Å². The Balaban J connectivity index is 2.10. The van der Waals surface area contributed by atoms with Crippen molar-refractivity contribution in [1.82, 2.24) is 19.7 Å². The predicted molar refractivity (Wildman–Crippen MR) is 74.3 cm³/mol. The van der Waals surface area contributed by atoms with E-state index < -0.39 is 13.0 Å². The Morgan fingerprint density at radius 3 is 2.81 bits per heavy atom. The normalized spacial score (nSPS) is 11.1. The summed E-state index contributed by atoms with van der Waals surface area (Å²) in [5, 5.41) is 7.05. The van der Waals surface area contributed by atoms with Gasteiger partial charge in [0.15, 0.2) is 0 Å². The summed E-state index contributed by atoms with van der Waals surface area (Å²) in [5.41, 5.74) is 1.59. The van der Waals surface area contributed by atoms with Crippen molar-refractivity contribution in [3.8, 4) is 11.3 Å². The summed E-state index contributed by atoms with van der Waals surface area (Å²) < 4.78 is 30.5. The largest absolute Gasteiger partial charge is 0.375 e. The lowest BCUT2D eigenvalue weighted by Crippen LogP contribution is -2.09. The zero-order chi connectivity index (χ0) is 15.2. The maximum absolute atomic E-state index is 12.0. The van der Waals surface area contributed by atoms with Gasteiger partial charge >= 0.3 is 0 Å². The molecule has 0 aromatic carbocycles. The molecular formula is C13H17F2N5O. The smallest absolute Gasteiger partial charge is 0.261 e. The van der Waals surface area contributed by atoms with Gasteiger partial charge in [0, 0.05) is 38.3 Å². The molecule has 114 valence electrons. The van der Waals surface area contributed by atoms with Gasteiger partial charge in [-0.15, -0.1) is 0 Å². The Morgan fingerprint density at radius 2 is 2.19 bits per heavy atom. The van der Waals surface area contributed by atoms with Crippen molar-refractivity contribution in [3.63, 3.8) is 0 Å². The first-order valence-electron chi connectivity index (χ1n) is 6.49. The minimum atomic E-state index is -2.46. The van der Waals surface area contributed by atoms with E-state index in [4.69, 9.17) is 4.74 Å². The van der Waals surface area contributed by atoms with E-state index in [-0.39, 0.29) is 6.61 Å². The zero-order valence-corrected chi connectivity index (χ0v) is 11.9. The highest BCUT2D eigenvalue weighted by Crippen LogP contribution is 2.19. The maximum atomic E-state index is 12.0. The molecule has 2 aromatic rings. The molecule has 6 nitrogen and oxygen atoms in total. The summed E-state index contributed by atoms with van der Waals surface area (Å²) in [4.78, 5) is 8.69. The number of rotatable bonds is 7. The second kappa shape index (κ2) is 7.07. The first-order valence-corrected chi connectivity index (χ1v) is 6.49. The fourth-order valence-corrected chi connectivity index (χ4v) is 1.77. The van der Waals surface area contributed by atoms with Crippen LogP contribution in [0.15, 0.2) is 18.5 Å². The van der Waals surface area contributed by atoms with Crippen LogP contribution in [0.2, 0.25) is 0 Å². The Bertz CT molecular complexity index is 588. The van der Waals surface area contributed by atoms with E-state index in [9.17, 15) is 8.78 Å². The van der Waals surface area contributed by atoms with Gasteiger partial charge in [-0.3, -0.25) is 4.68 Å². The lowest BCUT2D eigenvalue weighted by molar-refractivity contribution is 0.0183. The third-order valence-electron chi connectivity index (χ3n) is 2.74. The molecule has 0 saturated heterocycles. The van der Waals surface area contributed by atoms with Gasteiger partial charge in [0.05, 0.1) is 18.5 Å². The quantitative estimate of drug-likeness (QED) is 0.789. The number of anilines is 1. The van der Waals surface area contributed by atoms with E-state index in [1.54, 1.807) is 24.0 Å². The molecule has 0 saturated carbocycles. The molecule has 8 heteroatoms. The van der Waals surface area contributed by atoms with E-state index >= 15 is 0 Å². The summed E-state index contributed by atoms with van der Waals surface area (Å²) >= 11 is 0. The molecule has 0 spiro atoms. The molecule has 0 fully saturated rings. The molecule has 1 N–H and O–H groups in total. The average Bonchev–Trinajstić information content (AvgIpc) is 2.90. The van der Waals surface area contributed by atoms with Crippen molar-refractivity contribution in [2.45, 2.75) is 12.8 Å². The number of halogens is 2. The van der Waals surface area contributed by atoms with Gasteiger partial charge in [0.25, 0.3) is 6.43 Å². The SMILES string of the molecule is CNc1cc(-c2cnn(C)c2)nc(CCOCC(F)F)n1. The van der Waals surface area contributed by atoms with Gasteiger partial charge in [0.2, 0.25) is 0 Å². The average molecular weight is 297 g/mol. The van der Waals surface area contributed by atoms with Crippen LogP contribution < -0.4 is 5.32 Å². The van der Waals surface area contributed by atoms with Crippen LogP contribution in [0.25, 0.3) is 11.3 Å². The molecule has 0 aliphatic rings. The van der Waals surface area contributed by atoms with Crippen LogP contribution in [-0.4, -0.2) is 46.4 Å². The highest BCUT2D eigenvalue weighted by Gasteiger charge is 2.08. The summed E-state index contributed by atoms with van der Waals surface area (Å²) in [6.45, 7) is -0.412. The van der Waals surface area contributed by atoms with Gasteiger partial charge in [-0.25, -0.2) is 18.7 Å². The number of hydrogen-bond donors (Lipinski definition) is 1. The summed E-state index contributed by atoms with van der Waals surface area (Å²) in [7, 11) is 3.58. The molecule has 0 aliphatic carbocycles. The molecule has 2 heterocycles. The van der Waals surface area contributed by atoms with E-state index in [0.717, 1.165) is 11.3 Å². The maximum Gasteiger partial charge on any atom is 0.261 e. The number of nitrogens with zero attached hydrogens (tertiary/aromatic N) is 4. The summed E-state index contributed by atoms with van der Waals surface area (Å²) in [5.74, 6) is 1.20. The van der Waals surface area contributed by atoms with E-state index in [0.29, 0.717) is 18.1 Å². The molecule has 21 heavy (non-hydrogen) atoms. The molecule has 2 rings (SSSR count). The highest BCUT2D eigenvalue weighted by molar-refractivity contribution is 5.60. The first kappa shape index (κ1) is 15.3. The number of hydrogen-bond acceptors (Lipinski definition) is 5. The number of alkyl halides is 2. The molecule has 0 unspecified atom stereocenters. The molecule has 0 atom stereocenters.